The van der Waals surface area contributed by atoms with Gasteiger partial charge in [0.25, 0.3) is 11.8 Å². The molecule has 3 aromatic rings. The van der Waals surface area contributed by atoms with Gasteiger partial charge in [0, 0.05) is 16.3 Å². The van der Waals surface area contributed by atoms with Gasteiger partial charge in [0.1, 0.15) is 17.1 Å². The Morgan fingerprint density at radius 1 is 0.947 bits per heavy atom. The molecule has 0 spiro atoms. The lowest BCUT2D eigenvalue weighted by Gasteiger charge is -2.49. The van der Waals surface area contributed by atoms with E-state index in [1.807, 2.05) is 12.1 Å². The summed E-state index contributed by atoms with van der Waals surface area (Å²) < 4.78 is 5.88. The molecule has 192 valence electrons. The lowest BCUT2D eigenvalue weighted by Crippen LogP contribution is -2.70. The van der Waals surface area contributed by atoms with E-state index in [4.69, 9.17) is 16.3 Å². The number of nitrogens with zero attached hydrogens (tertiary/aromatic N) is 1. The fourth-order valence-electron chi connectivity index (χ4n) is 4.35. The molecule has 2 aliphatic rings. The first-order valence-corrected chi connectivity index (χ1v) is 13.1. The van der Waals surface area contributed by atoms with Crippen LogP contribution >= 0.6 is 23.4 Å². The number of thioether (sulfide) groups is 1. The van der Waals surface area contributed by atoms with E-state index in [0.29, 0.717) is 21.7 Å². The van der Waals surface area contributed by atoms with Gasteiger partial charge in [0.05, 0.1) is 5.57 Å². The van der Waals surface area contributed by atoms with Crippen LogP contribution in [0.4, 0.5) is 0 Å². The maximum absolute atomic E-state index is 13.5. The summed E-state index contributed by atoms with van der Waals surface area (Å²) in [5, 5.41) is 12.3. The third-order valence-corrected chi connectivity index (χ3v) is 7.77. The zero-order chi connectivity index (χ0) is 26.8. The van der Waals surface area contributed by atoms with Crippen LogP contribution in [0.2, 0.25) is 5.02 Å². The number of aliphatic carboxylic acids is 1. The molecule has 0 aromatic heterocycles. The maximum atomic E-state index is 13.5. The molecule has 0 bridgehead atoms. The second kappa shape index (κ2) is 10.7. The zero-order valence-electron chi connectivity index (χ0n) is 19.7. The topological polar surface area (TPSA) is 113 Å². The Labute approximate surface area is 227 Å². The number of ether oxygens (including phenoxy) is 1. The molecule has 2 aliphatic heterocycles. The Kier molecular flexibility index (Phi) is 7.22. The summed E-state index contributed by atoms with van der Waals surface area (Å²) in [6.45, 7) is 0. The fraction of sp³-hybridized carbons (Fsp3) is 0.143. The molecule has 1 unspecified atom stereocenters. The van der Waals surface area contributed by atoms with Crippen LogP contribution in [0.15, 0.2) is 96.2 Å². The third kappa shape index (κ3) is 4.90. The molecular formula is C28H21ClN2O6S. The lowest BCUT2D eigenvalue weighted by atomic mass is 10.0. The maximum Gasteiger partial charge on any atom is 0.356 e. The number of fused-ring (bicyclic) bond motifs is 1. The number of rotatable bonds is 7. The summed E-state index contributed by atoms with van der Waals surface area (Å²) in [5.74, 6) is -3.36. The molecule has 10 heteroatoms. The standard InChI is InChI=1S/C28H21ClN2O6S/c29-19-13-11-18(12-14-19)24(32)30-21-25(33)31-22(20(27(34)35)15-38-26(21)31)28(36)37-23(16-7-3-1-4-8-16)17-9-5-2-6-10-17/h1-14,21,23,26H,15H2,(H,30,32)(H,34,35)/t21?,26-/m0/s1. The van der Waals surface area contributed by atoms with Crippen molar-refractivity contribution in [1.82, 2.24) is 10.2 Å². The number of carbonyl (C=O) groups is 4. The first-order valence-electron chi connectivity index (χ1n) is 11.6. The zero-order valence-corrected chi connectivity index (χ0v) is 21.3. The first-order chi connectivity index (χ1) is 18.3. The monoisotopic (exact) mass is 548 g/mol. The molecular weight excluding hydrogens is 528 g/mol. The molecule has 2 N–H and O–H groups in total. The van der Waals surface area contributed by atoms with Gasteiger partial charge in [0.15, 0.2) is 6.10 Å². The number of amides is 2. The second-order valence-corrected chi connectivity index (χ2v) is 10.1. The minimum Gasteiger partial charge on any atom is -0.478 e. The van der Waals surface area contributed by atoms with Crippen molar-refractivity contribution < 1.29 is 29.0 Å². The minimum atomic E-state index is -1.32. The van der Waals surface area contributed by atoms with Crippen molar-refractivity contribution in [2.75, 3.05) is 5.75 Å². The van der Waals surface area contributed by atoms with Gasteiger partial charge in [-0.1, -0.05) is 72.3 Å². The highest BCUT2D eigenvalue weighted by atomic mass is 35.5. The van der Waals surface area contributed by atoms with Gasteiger partial charge in [-0.25, -0.2) is 9.59 Å². The highest BCUT2D eigenvalue weighted by Gasteiger charge is 2.55. The van der Waals surface area contributed by atoms with E-state index in [2.05, 4.69) is 5.32 Å². The van der Waals surface area contributed by atoms with Gasteiger partial charge in [-0.3, -0.25) is 14.5 Å². The SMILES string of the molecule is O=C(O)C1=C(C(=O)OC(c2ccccc2)c2ccccc2)N2C(=O)C(NC(=O)c3ccc(Cl)cc3)[C@@H]2SC1. The van der Waals surface area contributed by atoms with Crippen LogP contribution in [0.25, 0.3) is 0 Å². The summed E-state index contributed by atoms with van der Waals surface area (Å²) in [4.78, 5) is 52.6. The summed E-state index contributed by atoms with van der Waals surface area (Å²) >= 11 is 7.04. The quantitative estimate of drug-likeness (QED) is 0.338. The van der Waals surface area contributed by atoms with Gasteiger partial charge in [-0.05, 0) is 35.4 Å². The molecule has 38 heavy (non-hydrogen) atoms. The molecule has 2 atom stereocenters. The molecule has 0 radical (unpaired) electrons. The van der Waals surface area contributed by atoms with E-state index in [1.165, 1.54) is 12.1 Å². The predicted octanol–water partition coefficient (Wildman–Crippen LogP) is 4.03. The van der Waals surface area contributed by atoms with Crippen LogP contribution < -0.4 is 5.32 Å². The van der Waals surface area contributed by atoms with Crippen LogP contribution in [-0.2, 0) is 19.1 Å². The number of hydrogen-bond acceptors (Lipinski definition) is 6. The lowest BCUT2D eigenvalue weighted by molar-refractivity contribution is -0.154. The van der Waals surface area contributed by atoms with Gasteiger partial charge in [-0.2, -0.15) is 0 Å². The smallest absolute Gasteiger partial charge is 0.356 e. The molecule has 0 aliphatic carbocycles. The van der Waals surface area contributed by atoms with Crippen molar-refractivity contribution in [2.24, 2.45) is 0 Å². The van der Waals surface area contributed by atoms with Crippen molar-refractivity contribution in [3.63, 3.8) is 0 Å². The van der Waals surface area contributed by atoms with Gasteiger partial charge in [-0.15, -0.1) is 11.8 Å². The van der Waals surface area contributed by atoms with E-state index >= 15 is 0 Å². The van der Waals surface area contributed by atoms with E-state index in [1.54, 1.807) is 60.7 Å². The number of nitrogens with one attached hydrogen (secondary N) is 1. The number of carbonyl (C=O) groups excluding carboxylic acids is 3. The Morgan fingerprint density at radius 3 is 2.08 bits per heavy atom. The normalized spacial score (nSPS) is 18.5. The van der Waals surface area contributed by atoms with E-state index in [-0.39, 0.29) is 17.0 Å². The van der Waals surface area contributed by atoms with Crippen LogP contribution in [0.1, 0.15) is 27.6 Å². The molecule has 5 rings (SSSR count). The number of β-lactam (4-membered cyclic amide) rings is 1. The van der Waals surface area contributed by atoms with Crippen LogP contribution in [0, 0.1) is 0 Å². The number of esters is 1. The largest absolute Gasteiger partial charge is 0.478 e. The number of benzene rings is 3. The summed E-state index contributed by atoms with van der Waals surface area (Å²) in [5.41, 5.74) is 1.15. The van der Waals surface area contributed by atoms with Gasteiger partial charge < -0.3 is 15.2 Å². The van der Waals surface area contributed by atoms with Crippen molar-refractivity contribution in [3.05, 3.63) is 118 Å². The first kappa shape index (κ1) is 25.6. The second-order valence-electron chi connectivity index (χ2n) is 8.61. The number of hydrogen-bond donors (Lipinski definition) is 2. The Balaban J connectivity index is 1.41. The van der Waals surface area contributed by atoms with Crippen LogP contribution in [0.5, 0.6) is 0 Å². The molecule has 8 nitrogen and oxygen atoms in total. The summed E-state index contributed by atoms with van der Waals surface area (Å²) in [7, 11) is 0. The van der Waals surface area contributed by atoms with Gasteiger partial charge >= 0.3 is 11.9 Å². The Morgan fingerprint density at radius 2 is 1.53 bits per heavy atom. The highest BCUT2D eigenvalue weighted by Crippen LogP contribution is 2.41. The van der Waals surface area contributed by atoms with Crippen LogP contribution in [0.3, 0.4) is 0 Å². The van der Waals surface area contributed by atoms with E-state index in [9.17, 15) is 24.3 Å². The fourth-order valence-corrected chi connectivity index (χ4v) is 5.80. The molecule has 2 heterocycles. The minimum absolute atomic E-state index is 0.0388. The highest BCUT2D eigenvalue weighted by molar-refractivity contribution is 8.00. The molecule has 0 saturated carbocycles. The van der Waals surface area contributed by atoms with Crippen molar-refractivity contribution in [1.29, 1.82) is 0 Å². The van der Waals surface area contributed by atoms with E-state index < -0.39 is 41.3 Å². The van der Waals surface area contributed by atoms with Crippen LogP contribution in [-0.4, -0.2) is 50.9 Å². The van der Waals surface area contributed by atoms with Crippen molar-refractivity contribution in [3.8, 4) is 0 Å². The number of carboxylic acid groups (broad SMARTS) is 1. The van der Waals surface area contributed by atoms with Gasteiger partial charge in [0.2, 0.25) is 0 Å². The summed E-state index contributed by atoms with van der Waals surface area (Å²) in [6.07, 6.45) is -0.822. The molecule has 3 aromatic carbocycles. The van der Waals surface area contributed by atoms with Crippen molar-refractivity contribution >= 4 is 47.1 Å². The Hall–Kier alpha value is -4.08. The number of halogens is 1. The Bertz CT molecular complexity index is 1390. The number of carboxylic acids is 1. The molecule has 2 amide bonds. The summed E-state index contributed by atoms with van der Waals surface area (Å²) in [6, 6.07) is 23.3. The molecule has 1 saturated heterocycles. The third-order valence-electron chi connectivity index (χ3n) is 6.24. The van der Waals surface area contributed by atoms with E-state index in [0.717, 1.165) is 16.7 Å². The average molecular weight is 549 g/mol. The molecule has 1 fully saturated rings. The average Bonchev–Trinajstić information content (AvgIpc) is 2.94. The predicted molar refractivity (Wildman–Crippen MR) is 141 cm³/mol. The van der Waals surface area contributed by atoms with Crippen molar-refractivity contribution in [2.45, 2.75) is 17.5 Å².